The van der Waals surface area contributed by atoms with Crippen LogP contribution in [-0.4, -0.2) is 16.9 Å². The molecule has 1 aromatic heterocycles. The summed E-state index contributed by atoms with van der Waals surface area (Å²) in [4.78, 5) is 15.5. The standard InChI is InChI=1S/C15H23N3O/c1-2-15(19)18-14-10-9-13(11-16-14)17-12-7-5-3-4-6-8-12/h9-12,17H,2-8H2,1H3,(H,16,18,19). The van der Waals surface area contributed by atoms with Crippen LogP contribution in [0.5, 0.6) is 0 Å². The maximum atomic E-state index is 11.3. The lowest BCUT2D eigenvalue weighted by molar-refractivity contribution is -0.115. The molecule has 0 aromatic carbocycles. The van der Waals surface area contributed by atoms with Gasteiger partial charge in [-0.25, -0.2) is 4.98 Å². The molecule has 4 nitrogen and oxygen atoms in total. The fraction of sp³-hybridized carbons (Fsp3) is 0.600. The van der Waals surface area contributed by atoms with Gasteiger partial charge in [0, 0.05) is 12.5 Å². The number of aromatic nitrogens is 1. The summed E-state index contributed by atoms with van der Waals surface area (Å²) >= 11 is 0. The van der Waals surface area contributed by atoms with E-state index in [2.05, 4.69) is 15.6 Å². The topological polar surface area (TPSA) is 54.0 Å². The van der Waals surface area contributed by atoms with Crippen molar-refractivity contribution in [2.75, 3.05) is 10.6 Å². The summed E-state index contributed by atoms with van der Waals surface area (Å²) in [5.74, 6) is 0.621. The van der Waals surface area contributed by atoms with Crippen LogP contribution >= 0.6 is 0 Å². The molecule has 19 heavy (non-hydrogen) atoms. The molecule has 104 valence electrons. The normalized spacial score (nSPS) is 16.7. The maximum absolute atomic E-state index is 11.3. The van der Waals surface area contributed by atoms with E-state index in [9.17, 15) is 4.79 Å². The molecule has 1 amide bonds. The average Bonchev–Trinajstić information content (AvgIpc) is 2.69. The van der Waals surface area contributed by atoms with Crippen molar-refractivity contribution in [1.29, 1.82) is 0 Å². The van der Waals surface area contributed by atoms with Gasteiger partial charge in [-0.05, 0) is 25.0 Å². The smallest absolute Gasteiger partial charge is 0.225 e. The largest absolute Gasteiger partial charge is 0.381 e. The number of rotatable bonds is 4. The van der Waals surface area contributed by atoms with Gasteiger partial charge in [0.15, 0.2) is 0 Å². The zero-order valence-electron chi connectivity index (χ0n) is 11.6. The van der Waals surface area contributed by atoms with Gasteiger partial charge in [0.25, 0.3) is 0 Å². The molecular formula is C15H23N3O. The van der Waals surface area contributed by atoms with Gasteiger partial charge in [0.2, 0.25) is 5.91 Å². The van der Waals surface area contributed by atoms with Gasteiger partial charge in [-0.2, -0.15) is 0 Å². The Labute approximate surface area is 115 Å². The second-order valence-corrected chi connectivity index (χ2v) is 5.17. The van der Waals surface area contributed by atoms with Crippen molar-refractivity contribution in [2.45, 2.75) is 57.9 Å². The van der Waals surface area contributed by atoms with Gasteiger partial charge in [-0.15, -0.1) is 0 Å². The molecule has 2 N–H and O–H groups in total. The Morgan fingerprint density at radius 1 is 1.26 bits per heavy atom. The van der Waals surface area contributed by atoms with Gasteiger partial charge in [-0.1, -0.05) is 32.6 Å². The number of anilines is 2. The lowest BCUT2D eigenvalue weighted by Gasteiger charge is -2.17. The van der Waals surface area contributed by atoms with Crippen LogP contribution in [0.15, 0.2) is 18.3 Å². The minimum absolute atomic E-state index is 0.00280. The van der Waals surface area contributed by atoms with Gasteiger partial charge < -0.3 is 10.6 Å². The van der Waals surface area contributed by atoms with Crippen LogP contribution in [0.1, 0.15) is 51.9 Å². The number of carbonyl (C=O) groups excluding carboxylic acids is 1. The van der Waals surface area contributed by atoms with Crippen molar-refractivity contribution in [1.82, 2.24) is 4.98 Å². The lowest BCUT2D eigenvalue weighted by Crippen LogP contribution is -2.18. The highest BCUT2D eigenvalue weighted by molar-refractivity contribution is 5.89. The Hall–Kier alpha value is -1.58. The highest BCUT2D eigenvalue weighted by Gasteiger charge is 2.11. The molecule has 4 heteroatoms. The Kier molecular flexibility index (Phi) is 5.19. The number of pyridine rings is 1. The molecule has 1 fully saturated rings. The molecule has 0 unspecified atom stereocenters. The number of hydrogen-bond acceptors (Lipinski definition) is 3. The lowest BCUT2D eigenvalue weighted by atomic mass is 10.1. The molecule has 0 bridgehead atoms. The minimum atomic E-state index is -0.00280. The van der Waals surface area contributed by atoms with Crippen molar-refractivity contribution in [2.24, 2.45) is 0 Å². The summed E-state index contributed by atoms with van der Waals surface area (Å²) in [6, 6.07) is 4.41. The first kappa shape index (κ1) is 13.8. The predicted octanol–water partition coefficient (Wildman–Crippen LogP) is 3.56. The Bertz CT molecular complexity index is 394. The molecule has 0 saturated heterocycles. The maximum Gasteiger partial charge on any atom is 0.225 e. The third kappa shape index (κ3) is 4.54. The molecule has 1 aliphatic rings. The van der Waals surface area contributed by atoms with Gasteiger partial charge in [0.1, 0.15) is 5.82 Å². The first-order valence-corrected chi connectivity index (χ1v) is 7.30. The third-order valence-corrected chi connectivity index (χ3v) is 3.58. The van der Waals surface area contributed by atoms with Crippen molar-refractivity contribution in [3.05, 3.63) is 18.3 Å². The van der Waals surface area contributed by atoms with Crippen LogP contribution in [0.2, 0.25) is 0 Å². The number of carbonyl (C=O) groups is 1. The molecule has 1 aromatic rings. The first-order chi connectivity index (χ1) is 9.28. The zero-order chi connectivity index (χ0) is 13.5. The molecule has 2 rings (SSSR count). The van der Waals surface area contributed by atoms with Crippen LogP contribution in [0.4, 0.5) is 11.5 Å². The van der Waals surface area contributed by atoms with E-state index in [4.69, 9.17) is 0 Å². The van der Waals surface area contributed by atoms with E-state index in [1.165, 1.54) is 38.5 Å². The fourth-order valence-electron chi connectivity index (χ4n) is 2.44. The van der Waals surface area contributed by atoms with Crippen LogP contribution < -0.4 is 10.6 Å². The van der Waals surface area contributed by atoms with Crippen molar-refractivity contribution < 1.29 is 4.79 Å². The Balaban J connectivity index is 1.88. The van der Waals surface area contributed by atoms with E-state index in [1.54, 1.807) is 6.20 Å². The van der Waals surface area contributed by atoms with Gasteiger partial charge in [0.05, 0.1) is 11.9 Å². The summed E-state index contributed by atoms with van der Waals surface area (Å²) in [5, 5.41) is 6.29. The summed E-state index contributed by atoms with van der Waals surface area (Å²) in [6.07, 6.45) is 10.1. The molecule has 1 heterocycles. The molecule has 0 aliphatic heterocycles. The van der Waals surface area contributed by atoms with Crippen molar-refractivity contribution in [3.8, 4) is 0 Å². The predicted molar refractivity (Wildman–Crippen MR) is 78.3 cm³/mol. The SMILES string of the molecule is CCC(=O)Nc1ccc(NC2CCCCCC2)cn1. The quantitative estimate of drug-likeness (QED) is 0.815. The monoisotopic (exact) mass is 261 g/mol. The molecule has 1 saturated carbocycles. The third-order valence-electron chi connectivity index (χ3n) is 3.58. The van der Waals surface area contributed by atoms with Crippen molar-refractivity contribution in [3.63, 3.8) is 0 Å². The van der Waals surface area contributed by atoms with E-state index in [1.807, 2.05) is 19.1 Å². The Morgan fingerprint density at radius 3 is 2.58 bits per heavy atom. The summed E-state index contributed by atoms with van der Waals surface area (Å²) in [5.41, 5.74) is 1.04. The highest BCUT2D eigenvalue weighted by atomic mass is 16.1. The zero-order valence-corrected chi connectivity index (χ0v) is 11.6. The van der Waals surface area contributed by atoms with Crippen LogP contribution in [-0.2, 0) is 4.79 Å². The molecular weight excluding hydrogens is 238 g/mol. The van der Waals surface area contributed by atoms with Crippen LogP contribution in [0, 0.1) is 0 Å². The average molecular weight is 261 g/mol. The second-order valence-electron chi connectivity index (χ2n) is 5.17. The number of nitrogens with zero attached hydrogens (tertiary/aromatic N) is 1. The molecule has 0 atom stereocenters. The van der Waals surface area contributed by atoms with E-state index in [0.29, 0.717) is 18.3 Å². The molecule has 1 aliphatic carbocycles. The van der Waals surface area contributed by atoms with E-state index >= 15 is 0 Å². The van der Waals surface area contributed by atoms with Crippen molar-refractivity contribution >= 4 is 17.4 Å². The first-order valence-electron chi connectivity index (χ1n) is 7.30. The molecule has 0 radical (unpaired) electrons. The van der Waals surface area contributed by atoms with E-state index in [0.717, 1.165) is 5.69 Å². The van der Waals surface area contributed by atoms with Crippen LogP contribution in [0.3, 0.4) is 0 Å². The van der Waals surface area contributed by atoms with E-state index in [-0.39, 0.29) is 5.91 Å². The highest BCUT2D eigenvalue weighted by Crippen LogP contribution is 2.21. The number of amides is 1. The van der Waals surface area contributed by atoms with Crippen LogP contribution in [0.25, 0.3) is 0 Å². The second kappa shape index (κ2) is 7.12. The molecule has 0 spiro atoms. The number of hydrogen-bond donors (Lipinski definition) is 2. The summed E-state index contributed by atoms with van der Waals surface area (Å²) in [7, 11) is 0. The summed E-state index contributed by atoms with van der Waals surface area (Å²) < 4.78 is 0. The fourth-order valence-corrected chi connectivity index (χ4v) is 2.44. The minimum Gasteiger partial charge on any atom is -0.381 e. The Morgan fingerprint density at radius 2 is 2.00 bits per heavy atom. The summed E-state index contributed by atoms with van der Waals surface area (Å²) in [6.45, 7) is 1.83. The number of nitrogens with one attached hydrogen (secondary N) is 2. The van der Waals surface area contributed by atoms with E-state index < -0.39 is 0 Å². The van der Waals surface area contributed by atoms with Gasteiger partial charge >= 0.3 is 0 Å². The van der Waals surface area contributed by atoms with Gasteiger partial charge in [-0.3, -0.25) is 4.79 Å².